The van der Waals surface area contributed by atoms with Crippen LogP contribution in [0.4, 0.5) is 0 Å². The molecule has 0 N–H and O–H groups in total. The topological polar surface area (TPSA) is 0 Å². The van der Waals surface area contributed by atoms with E-state index in [1.165, 1.54) is 16.7 Å². The minimum absolute atomic E-state index is 0.231. The third kappa shape index (κ3) is 2.33. The summed E-state index contributed by atoms with van der Waals surface area (Å²) in [6.07, 6.45) is 0. The van der Waals surface area contributed by atoms with Crippen molar-refractivity contribution in [1.29, 1.82) is 0 Å². The van der Waals surface area contributed by atoms with E-state index in [0.29, 0.717) is 11.8 Å². The second kappa shape index (κ2) is 4.87. The summed E-state index contributed by atoms with van der Waals surface area (Å²) in [6, 6.07) is 6.96. The van der Waals surface area contributed by atoms with Gasteiger partial charge in [-0.25, -0.2) is 0 Å². The predicted octanol–water partition coefficient (Wildman–Crippen LogP) is 6.32. The average molecular weight is 388 g/mol. The van der Waals surface area contributed by atoms with Gasteiger partial charge < -0.3 is 0 Å². The zero-order valence-electron chi connectivity index (χ0n) is 12.7. The van der Waals surface area contributed by atoms with E-state index in [1.54, 1.807) is 0 Å². The lowest BCUT2D eigenvalue weighted by atomic mass is 9.53. The number of fused-ring (bicyclic) bond motifs is 1. The average Bonchev–Trinajstić information content (AvgIpc) is 2.34. The molecule has 0 fully saturated rings. The van der Waals surface area contributed by atoms with Gasteiger partial charge in [-0.3, -0.25) is 0 Å². The van der Waals surface area contributed by atoms with Gasteiger partial charge in [0, 0.05) is 0 Å². The zero-order chi connectivity index (χ0) is 14.6. The summed E-state index contributed by atoms with van der Waals surface area (Å²) in [7, 11) is 0. The molecule has 1 aromatic rings. The highest BCUT2D eigenvalue weighted by Gasteiger charge is 2.46. The quantitative estimate of drug-likeness (QED) is 0.494. The van der Waals surface area contributed by atoms with Crippen LogP contribution < -0.4 is 0 Å². The molecule has 0 radical (unpaired) electrons. The highest BCUT2D eigenvalue weighted by molar-refractivity contribution is 9.24. The lowest BCUT2D eigenvalue weighted by Crippen LogP contribution is -2.46. The fourth-order valence-corrected chi connectivity index (χ4v) is 4.10. The summed E-state index contributed by atoms with van der Waals surface area (Å²) >= 11 is 7.24. The monoisotopic (exact) mass is 386 g/mol. The number of hydrogen-bond acceptors (Lipinski definition) is 0. The summed E-state index contributed by atoms with van der Waals surface area (Å²) < 4.78 is 0.235. The van der Waals surface area contributed by atoms with Gasteiger partial charge in [0.1, 0.15) is 0 Å². The molecule has 0 spiro atoms. The Morgan fingerprint density at radius 1 is 0.895 bits per heavy atom. The van der Waals surface area contributed by atoms with Gasteiger partial charge in [0.15, 0.2) is 0 Å². The van der Waals surface area contributed by atoms with Crippen molar-refractivity contribution in [3.05, 3.63) is 34.9 Å². The third-order valence-corrected chi connectivity index (χ3v) is 6.77. The molecule has 0 heterocycles. The maximum absolute atomic E-state index is 3.62. The summed E-state index contributed by atoms with van der Waals surface area (Å²) in [4.78, 5) is 0. The van der Waals surface area contributed by atoms with Crippen LogP contribution in [-0.4, -0.2) is 0 Å². The van der Waals surface area contributed by atoms with E-state index in [4.69, 9.17) is 0 Å². The molecule has 2 heteroatoms. The molecule has 0 saturated carbocycles. The van der Waals surface area contributed by atoms with Gasteiger partial charge in [-0.2, -0.15) is 0 Å². The molecule has 0 saturated heterocycles. The molecule has 0 unspecified atom stereocenters. The van der Waals surface area contributed by atoms with Gasteiger partial charge in [-0.1, -0.05) is 91.6 Å². The highest BCUT2D eigenvalue weighted by atomic mass is 79.9. The van der Waals surface area contributed by atoms with E-state index in [1.807, 2.05) is 0 Å². The largest absolute Gasteiger partial charge is 0.0946 e. The van der Waals surface area contributed by atoms with Gasteiger partial charge in [0.25, 0.3) is 0 Å². The second-order valence-electron chi connectivity index (χ2n) is 7.13. The molecule has 1 aliphatic carbocycles. The smallest absolute Gasteiger partial charge is 0.0712 e. The van der Waals surface area contributed by atoms with Gasteiger partial charge in [0.2, 0.25) is 0 Å². The first-order chi connectivity index (χ1) is 8.60. The third-order valence-electron chi connectivity index (χ3n) is 5.71. The van der Waals surface area contributed by atoms with Crippen LogP contribution in [0, 0.1) is 11.8 Å². The fourth-order valence-electron chi connectivity index (χ4n) is 3.53. The predicted molar refractivity (Wildman–Crippen MR) is 91.4 cm³/mol. The standard InChI is InChI=1S/C17H24Br2/c1-10-11(2)17(5,6)14-9-12(15(18)19)7-8-13(14)16(10,3)4/h7-11,15H,1-6H3/t10-,11-/m0/s1. The maximum Gasteiger partial charge on any atom is 0.0946 e. The van der Waals surface area contributed by atoms with E-state index in [0.717, 1.165) is 0 Å². The van der Waals surface area contributed by atoms with Crippen molar-refractivity contribution in [1.82, 2.24) is 0 Å². The molecule has 106 valence electrons. The number of rotatable bonds is 1. The molecule has 0 nitrogen and oxygen atoms in total. The maximum atomic E-state index is 3.62. The van der Waals surface area contributed by atoms with E-state index < -0.39 is 0 Å². The fraction of sp³-hybridized carbons (Fsp3) is 0.647. The van der Waals surface area contributed by atoms with Crippen LogP contribution in [0.5, 0.6) is 0 Å². The van der Waals surface area contributed by atoms with Gasteiger partial charge in [0.05, 0.1) is 3.74 Å². The van der Waals surface area contributed by atoms with Crippen LogP contribution >= 0.6 is 31.9 Å². The molecule has 0 aliphatic heterocycles. The van der Waals surface area contributed by atoms with Crippen molar-refractivity contribution in [2.45, 2.75) is 56.1 Å². The molecule has 19 heavy (non-hydrogen) atoms. The van der Waals surface area contributed by atoms with Crippen LogP contribution in [0.3, 0.4) is 0 Å². The van der Waals surface area contributed by atoms with Crippen molar-refractivity contribution in [2.75, 3.05) is 0 Å². The molecule has 2 atom stereocenters. The Hall–Kier alpha value is 0.180. The molecular weight excluding hydrogens is 364 g/mol. The minimum Gasteiger partial charge on any atom is -0.0712 e. The Kier molecular flexibility index (Phi) is 3.99. The Balaban J connectivity index is 2.69. The van der Waals surface area contributed by atoms with Gasteiger partial charge >= 0.3 is 0 Å². The SMILES string of the molecule is C[C@H]1[C@H](C)C(C)(C)c2cc(C(Br)Br)ccc2C1(C)C. The number of halogens is 2. The molecule has 1 aliphatic rings. The van der Waals surface area contributed by atoms with Crippen molar-refractivity contribution in [2.24, 2.45) is 11.8 Å². The zero-order valence-corrected chi connectivity index (χ0v) is 15.9. The first-order valence-electron chi connectivity index (χ1n) is 7.03. The van der Waals surface area contributed by atoms with Gasteiger partial charge in [-0.15, -0.1) is 0 Å². The lowest BCUT2D eigenvalue weighted by molar-refractivity contribution is 0.144. The number of benzene rings is 1. The molecule has 0 aromatic heterocycles. The van der Waals surface area contributed by atoms with Crippen LogP contribution in [0.1, 0.15) is 62.0 Å². The van der Waals surface area contributed by atoms with Crippen molar-refractivity contribution in [3.63, 3.8) is 0 Å². The van der Waals surface area contributed by atoms with Gasteiger partial charge in [-0.05, 0) is 39.4 Å². The Bertz CT molecular complexity index is 486. The molecule has 0 bridgehead atoms. The van der Waals surface area contributed by atoms with Crippen molar-refractivity contribution < 1.29 is 0 Å². The Labute approximate surface area is 134 Å². The Morgan fingerprint density at radius 3 is 1.84 bits per heavy atom. The van der Waals surface area contributed by atoms with Crippen LogP contribution in [-0.2, 0) is 10.8 Å². The summed E-state index contributed by atoms with van der Waals surface area (Å²) in [5.41, 5.74) is 4.83. The van der Waals surface area contributed by atoms with Crippen LogP contribution in [0.25, 0.3) is 0 Å². The first-order valence-corrected chi connectivity index (χ1v) is 8.86. The van der Waals surface area contributed by atoms with E-state index in [-0.39, 0.29) is 14.6 Å². The minimum atomic E-state index is 0.231. The number of hydrogen-bond donors (Lipinski definition) is 0. The summed E-state index contributed by atoms with van der Waals surface area (Å²) in [5, 5.41) is 0. The first kappa shape index (κ1) is 15.6. The summed E-state index contributed by atoms with van der Waals surface area (Å²) in [6.45, 7) is 14.4. The van der Waals surface area contributed by atoms with Crippen LogP contribution in [0.2, 0.25) is 0 Å². The molecule has 2 rings (SSSR count). The lowest BCUT2D eigenvalue weighted by Gasteiger charge is -2.51. The normalized spacial score (nSPS) is 28.3. The second-order valence-corrected chi connectivity index (χ2v) is 10.2. The van der Waals surface area contributed by atoms with E-state index in [9.17, 15) is 0 Å². The van der Waals surface area contributed by atoms with E-state index in [2.05, 4.69) is 91.6 Å². The number of alkyl halides is 2. The van der Waals surface area contributed by atoms with Crippen molar-refractivity contribution >= 4 is 31.9 Å². The molecular formula is C17H24Br2. The highest BCUT2D eigenvalue weighted by Crippen LogP contribution is 2.53. The summed E-state index contributed by atoms with van der Waals surface area (Å²) in [5.74, 6) is 1.36. The Morgan fingerprint density at radius 2 is 1.37 bits per heavy atom. The van der Waals surface area contributed by atoms with Crippen LogP contribution in [0.15, 0.2) is 18.2 Å². The van der Waals surface area contributed by atoms with Crippen molar-refractivity contribution in [3.8, 4) is 0 Å². The molecule has 1 aromatic carbocycles. The van der Waals surface area contributed by atoms with E-state index >= 15 is 0 Å². The molecule has 0 amide bonds.